The quantitative estimate of drug-likeness (QED) is 0.818. The van der Waals surface area contributed by atoms with Crippen molar-refractivity contribution in [1.82, 2.24) is 5.32 Å². The molecule has 0 saturated heterocycles. The van der Waals surface area contributed by atoms with Crippen molar-refractivity contribution in [3.8, 4) is 0 Å². The van der Waals surface area contributed by atoms with Crippen molar-refractivity contribution in [3.05, 3.63) is 35.9 Å². The van der Waals surface area contributed by atoms with Crippen molar-refractivity contribution in [1.29, 1.82) is 0 Å². The van der Waals surface area contributed by atoms with Gasteiger partial charge >= 0.3 is 6.09 Å². The summed E-state index contributed by atoms with van der Waals surface area (Å²) in [4.78, 5) is 11.6. The summed E-state index contributed by atoms with van der Waals surface area (Å²) in [6.07, 6.45) is -0.659. The minimum absolute atomic E-state index is 0.0761. The molecule has 112 valence electrons. The Morgan fingerprint density at radius 3 is 2.40 bits per heavy atom. The predicted molar refractivity (Wildman–Crippen MR) is 78.0 cm³/mol. The zero-order valence-corrected chi connectivity index (χ0v) is 12.9. The Hall–Kier alpha value is -1.27. The van der Waals surface area contributed by atoms with E-state index in [1.54, 1.807) is 13.8 Å². The highest BCUT2D eigenvalue weighted by atomic mass is 35.7. The van der Waals surface area contributed by atoms with Crippen molar-refractivity contribution >= 4 is 25.8 Å². The first-order valence-corrected chi connectivity index (χ1v) is 8.65. The van der Waals surface area contributed by atoms with Gasteiger partial charge in [0.2, 0.25) is 9.05 Å². The fourth-order valence-corrected chi connectivity index (χ4v) is 2.84. The topological polar surface area (TPSA) is 72.5 Å². The second kappa shape index (κ2) is 7.50. The Labute approximate surface area is 123 Å². The molecule has 20 heavy (non-hydrogen) atoms. The van der Waals surface area contributed by atoms with Gasteiger partial charge in [0.15, 0.2) is 0 Å². The van der Waals surface area contributed by atoms with Crippen LogP contribution in [0.5, 0.6) is 0 Å². The molecule has 0 radical (unpaired) electrons. The van der Waals surface area contributed by atoms with Gasteiger partial charge in [-0.05, 0) is 11.5 Å². The van der Waals surface area contributed by atoms with E-state index in [2.05, 4.69) is 5.32 Å². The van der Waals surface area contributed by atoms with E-state index in [4.69, 9.17) is 15.4 Å². The number of hydrogen-bond donors (Lipinski definition) is 1. The van der Waals surface area contributed by atoms with Crippen molar-refractivity contribution < 1.29 is 17.9 Å². The smallest absolute Gasteiger partial charge is 0.407 e. The molecule has 0 saturated carbocycles. The van der Waals surface area contributed by atoms with E-state index in [1.807, 2.05) is 30.3 Å². The third-order valence-corrected chi connectivity index (χ3v) is 3.83. The molecule has 5 nitrogen and oxygen atoms in total. The molecule has 0 aliphatic carbocycles. The summed E-state index contributed by atoms with van der Waals surface area (Å²) >= 11 is 0. The molecule has 1 rings (SSSR count). The maximum Gasteiger partial charge on any atom is 0.407 e. The lowest BCUT2D eigenvalue weighted by molar-refractivity contribution is 0.134. The average Bonchev–Trinajstić information content (AvgIpc) is 2.35. The first kappa shape index (κ1) is 16.8. The summed E-state index contributed by atoms with van der Waals surface area (Å²) in [5.41, 5.74) is 0.855. The Morgan fingerprint density at radius 2 is 1.90 bits per heavy atom. The van der Waals surface area contributed by atoms with Gasteiger partial charge in [0.1, 0.15) is 6.61 Å². The lowest BCUT2D eigenvalue weighted by Gasteiger charge is -2.20. The van der Waals surface area contributed by atoms with Crippen LogP contribution in [-0.4, -0.2) is 26.3 Å². The van der Waals surface area contributed by atoms with E-state index >= 15 is 0 Å². The van der Waals surface area contributed by atoms with Gasteiger partial charge in [-0.15, -0.1) is 0 Å². The van der Waals surface area contributed by atoms with Gasteiger partial charge in [-0.1, -0.05) is 44.2 Å². The van der Waals surface area contributed by atoms with Crippen molar-refractivity contribution in [2.75, 3.05) is 5.75 Å². The standard InChI is InChI=1S/C13H18ClNO4S/c1-10(2)12(9-20(14,17)18)15-13(16)19-8-11-6-4-3-5-7-11/h3-7,10,12H,8-9H2,1-2H3,(H,15,16)/t12-/m1/s1. The third-order valence-electron chi connectivity index (χ3n) is 2.70. The van der Waals surface area contributed by atoms with Crippen molar-refractivity contribution in [2.24, 2.45) is 5.92 Å². The molecule has 0 heterocycles. The van der Waals surface area contributed by atoms with E-state index in [-0.39, 0.29) is 18.3 Å². The minimum atomic E-state index is -3.68. The molecule has 1 aromatic carbocycles. The number of carbonyl (C=O) groups is 1. The second-order valence-corrected chi connectivity index (χ2v) is 7.58. The number of ether oxygens (including phenoxy) is 1. The Morgan fingerprint density at radius 1 is 1.30 bits per heavy atom. The third kappa shape index (κ3) is 6.77. The maximum absolute atomic E-state index is 11.6. The number of amides is 1. The molecule has 0 spiro atoms. The SMILES string of the molecule is CC(C)[C@@H](CS(=O)(=O)Cl)NC(=O)OCc1ccccc1. The van der Waals surface area contributed by atoms with E-state index in [0.29, 0.717) is 0 Å². The van der Waals surface area contributed by atoms with E-state index in [0.717, 1.165) is 5.56 Å². The number of nitrogens with one attached hydrogen (secondary N) is 1. The number of halogens is 1. The first-order valence-electron chi connectivity index (χ1n) is 6.17. The number of hydrogen-bond acceptors (Lipinski definition) is 4. The van der Waals surface area contributed by atoms with E-state index in [9.17, 15) is 13.2 Å². The van der Waals surface area contributed by atoms with Crippen LogP contribution in [0.1, 0.15) is 19.4 Å². The fourth-order valence-electron chi connectivity index (χ4n) is 1.53. The number of carbonyl (C=O) groups excluding carboxylic acids is 1. The monoisotopic (exact) mass is 319 g/mol. The average molecular weight is 320 g/mol. The van der Waals surface area contributed by atoms with Gasteiger partial charge in [-0.3, -0.25) is 0 Å². The Bertz CT molecular complexity index is 531. The molecule has 0 aromatic heterocycles. The van der Waals surface area contributed by atoms with Crippen molar-refractivity contribution in [2.45, 2.75) is 26.5 Å². The van der Waals surface area contributed by atoms with Crippen molar-refractivity contribution in [3.63, 3.8) is 0 Å². The zero-order valence-electron chi connectivity index (χ0n) is 11.4. The fraction of sp³-hybridized carbons (Fsp3) is 0.462. The van der Waals surface area contributed by atoms with Crippen LogP contribution in [0.4, 0.5) is 4.79 Å². The lowest BCUT2D eigenvalue weighted by atomic mass is 10.1. The number of alkyl carbamates (subject to hydrolysis) is 1. The van der Waals surface area contributed by atoms with Crippen LogP contribution in [0.2, 0.25) is 0 Å². The zero-order chi connectivity index (χ0) is 15.2. The largest absolute Gasteiger partial charge is 0.445 e. The van der Waals surface area contributed by atoms with Gasteiger partial charge in [-0.25, -0.2) is 13.2 Å². The molecule has 7 heteroatoms. The molecule has 0 fully saturated rings. The summed E-state index contributed by atoms with van der Waals surface area (Å²) < 4.78 is 27.2. The molecular formula is C13H18ClNO4S. The Kier molecular flexibility index (Phi) is 6.29. The maximum atomic E-state index is 11.6. The summed E-state index contributed by atoms with van der Waals surface area (Å²) in [6, 6.07) is 8.62. The molecule has 1 N–H and O–H groups in total. The first-order chi connectivity index (χ1) is 9.28. The van der Waals surface area contributed by atoms with Crippen LogP contribution < -0.4 is 5.32 Å². The predicted octanol–water partition coefficient (Wildman–Crippen LogP) is 2.51. The second-order valence-electron chi connectivity index (χ2n) is 4.76. The van der Waals surface area contributed by atoms with Gasteiger partial charge in [0.05, 0.1) is 5.75 Å². The highest BCUT2D eigenvalue weighted by Crippen LogP contribution is 2.09. The van der Waals surface area contributed by atoms with Gasteiger partial charge in [-0.2, -0.15) is 0 Å². The molecule has 1 amide bonds. The van der Waals surface area contributed by atoms with Gasteiger partial charge in [0, 0.05) is 16.7 Å². The van der Waals surface area contributed by atoms with Crippen LogP contribution in [0.3, 0.4) is 0 Å². The number of rotatable bonds is 6. The van der Waals surface area contributed by atoms with Gasteiger partial charge in [0.25, 0.3) is 0 Å². The van der Waals surface area contributed by atoms with E-state index < -0.39 is 21.2 Å². The molecule has 0 aliphatic heterocycles. The summed E-state index contributed by atoms with van der Waals surface area (Å²) in [5, 5.41) is 2.52. The van der Waals surface area contributed by atoms with Gasteiger partial charge < -0.3 is 10.1 Å². The lowest BCUT2D eigenvalue weighted by Crippen LogP contribution is -2.42. The molecule has 0 aliphatic rings. The van der Waals surface area contributed by atoms with Crippen LogP contribution in [0.25, 0.3) is 0 Å². The molecular weight excluding hydrogens is 302 g/mol. The van der Waals surface area contributed by atoms with Crippen LogP contribution in [0.15, 0.2) is 30.3 Å². The normalized spacial score (nSPS) is 13.0. The van der Waals surface area contributed by atoms with Crippen LogP contribution >= 0.6 is 10.7 Å². The molecule has 1 aromatic rings. The van der Waals surface area contributed by atoms with Crippen LogP contribution in [-0.2, 0) is 20.4 Å². The number of benzene rings is 1. The summed E-state index contributed by atoms with van der Waals surface area (Å²) in [7, 11) is 1.53. The highest BCUT2D eigenvalue weighted by molar-refractivity contribution is 8.13. The molecule has 1 atom stereocenters. The minimum Gasteiger partial charge on any atom is -0.445 e. The summed E-state index contributed by atoms with van der Waals surface area (Å²) in [5.74, 6) is -0.403. The van der Waals surface area contributed by atoms with E-state index in [1.165, 1.54) is 0 Å². The Balaban J connectivity index is 2.50. The highest BCUT2D eigenvalue weighted by Gasteiger charge is 2.22. The summed E-state index contributed by atoms with van der Waals surface area (Å²) in [6.45, 7) is 3.72. The molecule has 0 unspecified atom stereocenters. The van der Waals surface area contributed by atoms with Crippen LogP contribution in [0, 0.1) is 5.92 Å². The molecule has 0 bridgehead atoms.